The van der Waals surface area contributed by atoms with Crippen LogP contribution in [0, 0.1) is 5.92 Å². The van der Waals surface area contributed by atoms with Crippen molar-refractivity contribution in [2.24, 2.45) is 5.92 Å². The molecule has 0 N–H and O–H groups in total. The SMILES string of the molecule is CCC(CC)CN1CC2(CCN(C(=O)CCCn3cncn3)CC2)OC1=O. The van der Waals surface area contributed by atoms with Gasteiger partial charge in [-0.15, -0.1) is 0 Å². The van der Waals surface area contributed by atoms with Crippen molar-refractivity contribution in [1.82, 2.24) is 24.6 Å². The topological polar surface area (TPSA) is 80.6 Å². The second kappa shape index (κ2) is 8.71. The van der Waals surface area contributed by atoms with Crippen LogP contribution in [-0.2, 0) is 16.1 Å². The maximum absolute atomic E-state index is 12.4. The number of piperidine rings is 1. The van der Waals surface area contributed by atoms with Crippen molar-refractivity contribution >= 4 is 12.0 Å². The fourth-order valence-corrected chi connectivity index (χ4v) is 4.01. The quantitative estimate of drug-likeness (QED) is 0.694. The first-order chi connectivity index (χ1) is 13.0. The number of carbonyl (C=O) groups is 2. The molecule has 0 bridgehead atoms. The Morgan fingerprint density at radius 2 is 2.04 bits per heavy atom. The van der Waals surface area contributed by atoms with Gasteiger partial charge in [0.2, 0.25) is 5.91 Å². The number of nitrogens with zero attached hydrogens (tertiary/aromatic N) is 5. The lowest BCUT2D eigenvalue weighted by Crippen LogP contribution is -2.48. The van der Waals surface area contributed by atoms with E-state index >= 15 is 0 Å². The van der Waals surface area contributed by atoms with Crippen LogP contribution in [0.4, 0.5) is 4.79 Å². The summed E-state index contributed by atoms with van der Waals surface area (Å²) in [6, 6.07) is 0. The molecule has 2 aliphatic rings. The first kappa shape index (κ1) is 19.6. The van der Waals surface area contributed by atoms with Gasteiger partial charge in [-0.2, -0.15) is 5.10 Å². The fourth-order valence-electron chi connectivity index (χ4n) is 4.01. The second-order valence-corrected chi connectivity index (χ2v) is 7.76. The van der Waals surface area contributed by atoms with Crippen molar-refractivity contribution < 1.29 is 14.3 Å². The molecule has 3 rings (SSSR count). The summed E-state index contributed by atoms with van der Waals surface area (Å²) in [7, 11) is 0. The molecule has 0 unspecified atom stereocenters. The van der Waals surface area contributed by atoms with Gasteiger partial charge in [0, 0.05) is 45.4 Å². The minimum Gasteiger partial charge on any atom is -0.441 e. The lowest BCUT2D eigenvalue weighted by Gasteiger charge is -2.37. The van der Waals surface area contributed by atoms with Crippen LogP contribution in [0.15, 0.2) is 12.7 Å². The Balaban J connectivity index is 1.44. The van der Waals surface area contributed by atoms with Gasteiger partial charge < -0.3 is 14.5 Å². The van der Waals surface area contributed by atoms with Crippen LogP contribution >= 0.6 is 0 Å². The number of aromatic nitrogens is 3. The van der Waals surface area contributed by atoms with E-state index in [1.807, 2.05) is 9.80 Å². The summed E-state index contributed by atoms with van der Waals surface area (Å²) in [5, 5.41) is 4.05. The molecule has 0 radical (unpaired) electrons. The van der Waals surface area contributed by atoms with E-state index < -0.39 is 5.60 Å². The zero-order chi connectivity index (χ0) is 19.3. The van der Waals surface area contributed by atoms with Gasteiger partial charge in [-0.25, -0.2) is 9.78 Å². The molecule has 27 heavy (non-hydrogen) atoms. The normalized spacial score (nSPS) is 19.1. The molecule has 2 fully saturated rings. The molecule has 0 saturated carbocycles. The Morgan fingerprint density at radius 1 is 1.30 bits per heavy atom. The van der Waals surface area contributed by atoms with Gasteiger partial charge in [-0.1, -0.05) is 26.7 Å². The molecule has 0 aliphatic carbocycles. The number of hydrogen-bond donors (Lipinski definition) is 0. The Hall–Kier alpha value is -2.12. The van der Waals surface area contributed by atoms with Gasteiger partial charge in [-0.3, -0.25) is 9.48 Å². The van der Waals surface area contributed by atoms with E-state index in [0.717, 1.165) is 38.6 Å². The van der Waals surface area contributed by atoms with Crippen LogP contribution in [-0.4, -0.2) is 68.3 Å². The van der Waals surface area contributed by atoms with E-state index in [4.69, 9.17) is 4.74 Å². The highest BCUT2D eigenvalue weighted by Crippen LogP contribution is 2.34. The summed E-state index contributed by atoms with van der Waals surface area (Å²) < 4.78 is 7.52. The molecule has 1 aromatic heterocycles. The standard InChI is InChI=1S/C19H31N5O3/c1-3-16(4-2)12-23-13-19(27-18(23)26)7-10-22(11-8-19)17(25)6-5-9-24-15-20-14-21-24/h14-16H,3-13H2,1-2H3. The van der Waals surface area contributed by atoms with Crippen LogP contribution in [0.5, 0.6) is 0 Å². The van der Waals surface area contributed by atoms with E-state index in [2.05, 4.69) is 23.9 Å². The van der Waals surface area contributed by atoms with Crippen molar-refractivity contribution in [2.45, 2.75) is 64.5 Å². The Morgan fingerprint density at radius 3 is 2.67 bits per heavy atom. The first-order valence-electron chi connectivity index (χ1n) is 10.1. The fraction of sp³-hybridized carbons (Fsp3) is 0.789. The summed E-state index contributed by atoms with van der Waals surface area (Å²) in [6.07, 6.45) is 7.84. The van der Waals surface area contributed by atoms with Crippen molar-refractivity contribution in [2.75, 3.05) is 26.2 Å². The van der Waals surface area contributed by atoms with Crippen LogP contribution < -0.4 is 0 Å². The lowest BCUT2D eigenvalue weighted by atomic mass is 9.90. The second-order valence-electron chi connectivity index (χ2n) is 7.76. The van der Waals surface area contributed by atoms with E-state index in [9.17, 15) is 9.59 Å². The van der Waals surface area contributed by atoms with Gasteiger partial charge in [0.1, 0.15) is 18.3 Å². The monoisotopic (exact) mass is 377 g/mol. The molecule has 0 atom stereocenters. The number of rotatable bonds is 8. The van der Waals surface area contributed by atoms with Crippen molar-refractivity contribution in [3.63, 3.8) is 0 Å². The van der Waals surface area contributed by atoms with E-state index in [-0.39, 0.29) is 12.0 Å². The Bertz CT molecular complexity index is 621. The third-order valence-corrected chi connectivity index (χ3v) is 5.95. The third kappa shape index (κ3) is 4.78. The zero-order valence-electron chi connectivity index (χ0n) is 16.5. The summed E-state index contributed by atoms with van der Waals surface area (Å²) >= 11 is 0. The summed E-state index contributed by atoms with van der Waals surface area (Å²) in [4.78, 5) is 32.4. The predicted octanol–water partition coefficient (Wildman–Crippen LogP) is 2.31. The van der Waals surface area contributed by atoms with Crippen molar-refractivity contribution in [3.8, 4) is 0 Å². The summed E-state index contributed by atoms with van der Waals surface area (Å²) in [6.45, 7) is 7.79. The summed E-state index contributed by atoms with van der Waals surface area (Å²) in [5.41, 5.74) is -0.402. The lowest BCUT2D eigenvalue weighted by molar-refractivity contribution is -0.134. The Labute approximate surface area is 160 Å². The average molecular weight is 377 g/mol. The van der Waals surface area contributed by atoms with Gasteiger partial charge in [0.15, 0.2) is 0 Å². The average Bonchev–Trinajstić information content (AvgIpc) is 3.28. The van der Waals surface area contributed by atoms with Gasteiger partial charge in [-0.05, 0) is 12.3 Å². The Kier molecular flexibility index (Phi) is 6.34. The number of likely N-dealkylation sites (tertiary alicyclic amines) is 1. The van der Waals surface area contributed by atoms with Crippen molar-refractivity contribution in [1.29, 1.82) is 0 Å². The molecule has 2 aliphatic heterocycles. The smallest absolute Gasteiger partial charge is 0.410 e. The van der Waals surface area contributed by atoms with E-state index in [0.29, 0.717) is 38.5 Å². The molecule has 1 aromatic rings. The molecule has 150 valence electrons. The number of aryl methyl sites for hydroxylation is 1. The molecule has 8 heteroatoms. The number of ether oxygens (including phenoxy) is 1. The van der Waals surface area contributed by atoms with Crippen LogP contribution in [0.3, 0.4) is 0 Å². The highest BCUT2D eigenvalue weighted by Gasteiger charge is 2.47. The van der Waals surface area contributed by atoms with Crippen molar-refractivity contribution in [3.05, 3.63) is 12.7 Å². The predicted molar refractivity (Wildman–Crippen MR) is 99.9 cm³/mol. The van der Waals surface area contributed by atoms with E-state index in [1.165, 1.54) is 6.33 Å². The molecule has 2 amide bonds. The largest absolute Gasteiger partial charge is 0.441 e. The van der Waals surface area contributed by atoms with Gasteiger partial charge in [0.25, 0.3) is 0 Å². The maximum atomic E-state index is 12.4. The maximum Gasteiger partial charge on any atom is 0.410 e. The molecule has 3 heterocycles. The van der Waals surface area contributed by atoms with Gasteiger partial charge >= 0.3 is 6.09 Å². The van der Waals surface area contributed by atoms with Crippen LogP contribution in [0.25, 0.3) is 0 Å². The minimum atomic E-state index is -0.402. The number of carbonyl (C=O) groups excluding carboxylic acids is 2. The molecule has 1 spiro atoms. The summed E-state index contributed by atoms with van der Waals surface area (Å²) in [5.74, 6) is 0.697. The highest BCUT2D eigenvalue weighted by molar-refractivity contribution is 5.76. The minimum absolute atomic E-state index is 0.170. The molecule has 8 nitrogen and oxygen atoms in total. The van der Waals surface area contributed by atoms with Crippen LogP contribution in [0.2, 0.25) is 0 Å². The van der Waals surface area contributed by atoms with Crippen LogP contribution in [0.1, 0.15) is 52.4 Å². The first-order valence-corrected chi connectivity index (χ1v) is 10.1. The van der Waals surface area contributed by atoms with Gasteiger partial charge in [0.05, 0.1) is 6.54 Å². The zero-order valence-corrected chi connectivity index (χ0v) is 16.5. The molecular weight excluding hydrogens is 346 g/mol. The highest BCUT2D eigenvalue weighted by atomic mass is 16.6. The number of hydrogen-bond acceptors (Lipinski definition) is 5. The molecule has 0 aromatic carbocycles. The third-order valence-electron chi connectivity index (χ3n) is 5.95. The molecular formula is C19H31N5O3. The molecule has 2 saturated heterocycles. The number of amides is 2. The van der Waals surface area contributed by atoms with E-state index in [1.54, 1.807) is 11.0 Å².